The van der Waals surface area contributed by atoms with Crippen LogP contribution >= 0.6 is 0 Å². The van der Waals surface area contributed by atoms with Gasteiger partial charge in [0.05, 0.1) is 32.2 Å². The predicted octanol–water partition coefficient (Wildman–Crippen LogP) is 2.81. The molecule has 6 nitrogen and oxygen atoms in total. The minimum Gasteiger partial charge on any atom is -0.341 e. The zero-order valence-electron chi connectivity index (χ0n) is 16.6. The fraction of sp³-hybridized carbons (Fsp3) is 0.227. The van der Waals surface area contributed by atoms with Crippen molar-refractivity contribution in [3.8, 4) is 0 Å². The summed E-state index contributed by atoms with van der Waals surface area (Å²) in [6.45, 7) is 3.09. The molecule has 0 amide bonds. The smallest absolute Gasteiger partial charge is 0.341 e. The first kappa shape index (κ1) is 18.0. The number of benzene rings is 2. The first-order valence-corrected chi connectivity index (χ1v) is 9.35. The normalized spacial score (nSPS) is 11.7. The van der Waals surface area contributed by atoms with E-state index in [0.717, 1.165) is 17.9 Å². The third kappa shape index (κ3) is 2.87. The van der Waals surface area contributed by atoms with Gasteiger partial charge in [0.1, 0.15) is 0 Å². The van der Waals surface area contributed by atoms with Crippen LogP contribution in [0.25, 0.3) is 21.8 Å². The Morgan fingerprint density at radius 1 is 1.11 bits per heavy atom. The second-order valence-electron chi connectivity index (χ2n) is 6.92. The Morgan fingerprint density at radius 3 is 2.64 bits per heavy atom. The molecule has 0 saturated carbocycles. The van der Waals surface area contributed by atoms with Crippen molar-refractivity contribution in [2.75, 3.05) is 12.1 Å². The zero-order valence-corrected chi connectivity index (χ0v) is 16.6. The van der Waals surface area contributed by atoms with Gasteiger partial charge in [-0.1, -0.05) is 18.2 Å². The molecule has 2 aromatic carbocycles. The molecule has 2 heterocycles. The lowest BCUT2D eigenvalue weighted by molar-refractivity contribution is -0.690. The highest BCUT2D eigenvalue weighted by Crippen LogP contribution is 2.31. The standard InChI is InChI=1S/C22H24N5O/c1-5-27-20-9-7-6-8-18(20)19-14-16(10-11-21(19)27)26(4)23-15-17-12-13-24(2)22(28)25(17)3/h6-15H,5H2,1-4H3/q+1. The first-order valence-electron chi connectivity index (χ1n) is 9.35. The number of hydrogen-bond acceptors (Lipinski definition) is 3. The van der Waals surface area contributed by atoms with Crippen LogP contribution in [0.15, 0.2) is 64.6 Å². The van der Waals surface area contributed by atoms with Crippen LogP contribution < -0.4 is 15.3 Å². The largest absolute Gasteiger partial charge is 0.497 e. The van der Waals surface area contributed by atoms with Crippen molar-refractivity contribution in [1.29, 1.82) is 0 Å². The highest BCUT2D eigenvalue weighted by molar-refractivity contribution is 6.09. The van der Waals surface area contributed by atoms with Crippen LogP contribution in [0.1, 0.15) is 12.6 Å². The quantitative estimate of drug-likeness (QED) is 0.313. The van der Waals surface area contributed by atoms with Crippen LogP contribution in [0, 0.1) is 0 Å². The molecule has 6 heteroatoms. The van der Waals surface area contributed by atoms with Gasteiger partial charge in [-0.05, 0) is 31.2 Å². The minimum absolute atomic E-state index is 0.0830. The fourth-order valence-corrected chi connectivity index (χ4v) is 3.64. The van der Waals surface area contributed by atoms with E-state index in [4.69, 9.17) is 0 Å². The molecule has 4 rings (SSSR count). The number of rotatable bonds is 4. The topological polar surface area (TPSA) is 46.4 Å². The van der Waals surface area contributed by atoms with E-state index in [1.807, 2.05) is 18.1 Å². The number of hydrogen-bond donors (Lipinski definition) is 0. The van der Waals surface area contributed by atoms with Crippen LogP contribution in [0.2, 0.25) is 0 Å². The molecule has 0 N–H and O–H groups in total. The van der Waals surface area contributed by atoms with Gasteiger partial charge in [-0.3, -0.25) is 5.01 Å². The van der Waals surface area contributed by atoms with E-state index >= 15 is 0 Å². The van der Waals surface area contributed by atoms with Crippen molar-refractivity contribution in [1.82, 2.24) is 9.13 Å². The molecule has 0 radical (unpaired) electrons. The number of para-hydroxylation sites is 1. The lowest BCUT2D eigenvalue weighted by Gasteiger charge is -2.13. The maximum atomic E-state index is 12.1. The van der Waals surface area contributed by atoms with Gasteiger partial charge in [-0.25, -0.2) is 4.57 Å². The highest BCUT2D eigenvalue weighted by Gasteiger charge is 2.11. The first-order chi connectivity index (χ1) is 13.5. The summed E-state index contributed by atoms with van der Waals surface area (Å²) in [5, 5.41) is 8.84. The molecule has 0 aliphatic carbocycles. The second-order valence-corrected chi connectivity index (χ2v) is 6.92. The maximum absolute atomic E-state index is 12.1. The third-order valence-electron chi connectivity index (χ3n) is 5.25. The van der Waals surface area contributed by atoms with E-state index < -0.39 is 0 Å². The van der Waals surface area contributed by atoms with Gasteiger partial charge < -0.3 is 4.57 Å². The Morgan fingerprint density at radius 2 is 1.86 bits per heavy atom. The molecular formula is C22H24N5O+. The summed E-state index contributed by atoms with van der Waals surface area (Å²) in [5.74, 6) is 0. The van der Waals surface area contributed by atoms with Crippen LogP contribution in [0.3, 0.4) is 0 Å². The average Bonchev–Trinajstić information content (AvgIpc) is 3.04. The lowest BCUT2D eigenvalue weighted by atomic mass is 10.1. The summed E-state index contributed by atoms with van der Waals surface area (Å²) in [7, 11) is 5.39. The molecule has 0 aliphatic heterocycles. The van der Waals surface area contributed by atoms with Gasteiger partial charge in [0, 0.05) is 41.5 Å². The summed E-state index contributed by atoms with van der Waals surface area (Å²) in [6.07, 6.45) is 3.45. The van der Waals surface area contributed by atoms with Crippen molar-refractivity contribution in [2.45, 2.75) is 13.5 Å². The molecule has 0 unspecified atom stereocenters. The van der Waals surface area contributed by atoms with Gasteiger partial charge in [-0.2, -0.15) is 14.5 Å². The number of hydrazone groups is 1. The Labute approximate surface area is 163 Å². The summed E-state index contributed by atoms with van der Waals surface area (Å²) in [4.78, 5) is 12.1. The van der Waals surface area contributed by atoms with Gasteiger partial charge in [0.25, 0.3) is 0 Å². The van der Waals surface area contributed by atoms with Crippen molar-refractivity contribution < 1.29 is 4.57 Å². The van der Waals surface area contributed by atoms with Crippen molar-refractivity contribution >= 4 is 33.7 Å². The molecule has 0 spiro atoms. The second kappa shape index (κ2) is 6.96. The summed E-state index contributed by atoms with van der Waals surface area (Å²) < 4.78 is 5.45. The van der Waals surface area contributed by atoms with Crippen LogP contribution in [-0.2, 0) is 20.6 Å². The number of anilines is 1. The Kier molecular flexibility index (Phi) is 4.47. The molecule has 0 fully saturated rings. The zero-order chi connectivity index (χ0) is 19.8. The molecule has 142 valence electrons. The molecular weight excluding hydrogens is 350 g/mol. The van der Waals surface area contributed by atoms with Gasteiger partial charge in [0.2, 0.25) is 0 Å². The molecule has 2 aromatic heterocycles. The average molecular weight is 374 g/mol. The minimum atomic E-state index is -0.0830. The Hall–Kier alpha value is -3.41. The van der Waals surface area contributed by atoms with E-state index in [0.29, 0.717) is 0 Å². The molecule has 28 heavy (non-hydrogen) atoms. The number of fused-ring (bicyclic) bond motifs is 3. The van der Waals surface area contributed by atoms with E-state index in [2.05, 4.69) is 59.1 Å². The highest BCUT2D eigenvalue weighted by atomic mass is 16.1. The number of nitrogens with zero attached hydrogens (tertiary/aromatic N) is 5. The Balaban J connectivity index is 1.74. The number of aryl methyl sites for hydroxylation is 2. The van der Waals surface area contributed by atoms with Crippen LogP contribution in [0.5, 0.6) is 0 Å². The van der Waals surface area contributed by atoms with E-state index in [1.165, 1.54) is 21.8 Å². The van der Waals surface area contributed by atoms with E-state index in [-0.39, 0.29) is 5.69 Å². The Bertz CT molecular complexity index is 1270. The van der Waals surface area contributed by atoms with Crippen LogP contribution in [-0.4, -0.2) is 22.4 Å². The predicted molar refractivity (Wildman–Crippen MR) is 114 cm³/mol. The van der Waals surface area contributed by atoms with Gasteiger partial charge in [-0.15, -0.1) is 0 Å². The van der Waals surface area contributed by atoms with Crippen molar-refractivity contribution in [3.63, 3.8) is 0 Å². The van der Waals surface area contributed by atoms with Crippen LogP contribution in [0.4, 0.5) is 5.69 Å². The van der Waals surface area contributed by atoms with Gasteiger partial charge >= 0.3 is 5.69 Å². The summed E-state index contributed by atoms with van der Waals surface area (Å²) in [6, 6.07) is 16.8. The maximum Gasteiger partial charge on any atom is 0.497 e. The SMILES string of the molecule is CCn1c2ccccc2c2cc(N(C)N=Cc3cc[n+](C)c(=O)n3C)ccc21. The molecule has 0 bridgehead atoms. The molecule has 0 aliphatic rings. The number of aromatic nitrogens is 3. The molecule has 0 saturated heterocycles. The van der Waals surface area contributed by atoms with E-state index in [9.17, 15) is 4.79 Å². The van der Waals surface area contributed by atoms with E-state index in [1.54, 1.807) is 35.6 Å². The fourth-order valence-electron chi connectivity index (χ4n) is 3.64. The third-order valence-corrected chi connectivity index (χ3v) is 5.25. The lowest BCUT2D eigenvalue weighted by Crippen LogP contribution is -2.51. The molecule has 0 atom stereocenters. The van der Waals surface area contributed by atoms with Gasteiger partial charge in [0.15, 0.2) is 5.69 Å². The molecule has 4 aromatic rings. The summed E-state index contributed by atoms with van der Waals surface area (Å²) in [5.41, 5.74) is 4.13. The van der Waals surface area contributed by atoms with Crippen molar-refractivity contribution in [2.24, 2.45) is 19.2 Å². The summed E-state index contributed by atoms with van der Waals surface area (Å²) >= 11 is 0. The monoisotopic (exact) mass is 374 g/mol. The van der Waals surface area contributed by atoms with Crippen molar-refractivity contribution in [3.05, 3.63) is 70.9 Å².